The minimum absolute atomic E-state index is 0.108. The summed E-state index contributed by atoms with van der Waals surface area (Å²) < 4.78 is 18.1. The van der Waals surface area contributed by atoms with Crippen LogP contribution in [0.5, 0.6) is 0 Å². The molecule has 0 saturated carbocycles. The van der Waals surface area contributed by atoms with Crippen molar-refractivity contribution in [3.63, 3.8) is 0 Å². The van der Waals surface area contributed by atoms with Crippen LogP contribution in [0.2, 0.25) is 0 Å². The van der Waals surface area contributed by atoms with E-state index >= 15 is 0 Å². The molecule has 1 N–H and O–H groups in total. The SMILES string of the molecule is O=P(O)(OCc1ccccc1)[n+]1ccccc1. The Labute approximate surface area is 99.7 Å². The molecule has 2 aromatic rings. The Morgan fingerprint density at radius 2 is 1.65 bits per heavy atom. The first-order valence-electron chi connectivity index (χ1n) is 5.17. The van der Waals surface area contributed by atoms with Crippen LogP contribution in [-0.2, 0) is 15.7 Å². The second-order valence-corrected chi connectivity index (χ2v) is 5.21. The maximum Gasteiger partial charge on any atom is 0.610 e. The number of nitrogens with zero attached hydrogens (tertiary/aromatic N) is 1. The molecule has 1 aromatic heterocycles. The van der Waals surface area contributed by atoms with Crippen LogP contribution in [0.1, 0.15) is 5.56 Å². The molecule has 4 nitrogen and oxygen atoms in total. The van der Waals surface area contributed by atoms with E-state index in [1.807, 2.05) is 30.3 Å². The number of rotatable bonds is 4. The lowest BCUT2D eigenvalue weighted by atomic mass is 10.2. The first-order chi connectivity index (χ1) is 8.18. The molecular formula is C12H13NO3P+. The smallest absolute Gasteiger partial charge is 0.270 e. The third-order valence-corrected chi connectivity index (χ3v) is 3.55. The predicted octanol–water partition coefficient (Wildman–Crippen LogP) is 2.14. The fourth-order valence-electron chi connectivity index (χ4n) is 1.36. The van der Waals surface area contributed by atoms with E-state index < -0.39 is 7.75 Å². The molecule has 0 radical (unpaired) electrons. The van der Waals surface area contributed by atoms with Crippen LogP contribution < -0.4 is 4.34 Å². The van der Waals surface area contributed by atoms with Crippen LogP contribution >= 0.6 is 7.75 Å². The average molecular weight is 250 g/mol. The molecule has 0 spiro atoms. The Morgan fingerprint density at radius 1 is 1.06 bits per heavy atom. The third kappa shape index (κ3) is 3.24. The Kier molecular flexibility index (Phi) is 3.69. The Balaban J connectivity index is 2.06. The summed E-state index contributed by atoms with van der Waals surface area (Å²) >= 11 is 0. The maximum absolute atomic E-state index is 11.9. The van der Waals surface area contributed by atoms with Crippen LogP contribution in [0.4, 0.5) is 0 Å². The van der Waals surface area contributed by atoms with Gasteiger partial charge in [-0.15, -0.1) is 4.34 Å². The fraction of sp³-hybridized carbons (Fsp3) is 0.0833. The second kappa shape index (κ2) is 5.23. The van der Waals surface area contributed by atoms with E-state index in [1.54, 1.807) is 18.2 Å². The van der Waals surface area contributed by atoms with E-state index in [4.69, 9.17) is 4.52 Å². The monoisotopic (exact) mass is 250 g/mol. The van der Waals surface area contributed by atoms with E-state index in [0.29, 0.717) is 0 Å². The van der Waals surface area contributed by atoms with Crippen molar-refractivity contribution in [2.75, 3.05) is 0 Å². The molecule has 0 amide bonds. The van der Waals surface area contributed by atoms with Gasteiger partial charge in [0.05, 0.1) is 6.61 Å². The summed E-state index contributed by atoms with van der Waals surface area (Å²) in [5.41, 5.74) is 0.860. The highest BCUT2D eigenvalue weighted by Gasteiger charge is 2.32. The molecule has 88 valence electrons. The highest BCUT2D eigenvalue weighted by Crippen LogP contribution is 2.36. The van der Waals surface area contributed by atoms with Crippen molar-refractivity contribution in [1.29, 1.82) is 0 Å². The summed E-state index contributed by atoms with van der Waals surface area (Å²) in [5, 5.41) is 0. The van der Waals surface area contributed by atoms with E-state index in [1.165, 1.54) is 16.7 Å². The van der Waals surface area contributed by atoms with Crippen LogP contribution in [0.3, 0.4) is 0 Å². The predicted molar refractivity (Wildman–Crippen MR) is 63.1 cm³/mol. The first-order valence-corrected chi connectivity index (χ1v) is 6.70. The van der Waals surface area contributed by atoms with Gasteiger partial charge in [0.25, 0.3) is 0 Å². The van der Waals surface area contributed by atoms with E-state index in [-0.39, 0.29) is 6.61 Å². The minimum Gasteiger partial charge on any atom is -0.270 e. The second-order valence-electron chi connectivity index (χ2n) is 3.51. The van der Waals surface area contributed by atoms with Gasteiger partial charge in [-0.1, -0.05) is 36.4 Å². The van der Waals surface area contributed by atoms with Crippen molar-refractivity contribution in [1.82, 2.24) is 0 Å². The van der Waals surface area contributed by atoms with Crippen molar-refractivity contribution in [3.8, 4) is 0 Å². The lowest BCUT2D eigenvalue weighted by Gasteiger charge is -2.05. The van der Waals surface area contributed by atoms with Crippen molar-refractivity contribution in [2.45, 2.75) is 6.61 Å². The average Bonchev–Trinajstić information content (AvgIpc) is 2.39. The summed E-state index contributed by atoms with van der Waals surface area (Å²) in [6.45, 7) is 0.108. The van der Waals surface area contributed by atoms with Crippen LogP contribution in [0.15, 0.2) is 60.9 Å². The molecule has 0 saturated heterocycles. The highest BCUT2D eigenvalue weighted by atomic mass is 31.2. The van der Waals surface area contributed by atoms with E-state index in [9.17, 15) is 9.46 Å². The fourth-order valence-corrected chi connectivity index (χ4v) is 2.30. The topological polar surface area (TPSA) is 50.4 Å². The number of hydrogen-bond acceptors (Lipinski definition) is 2. The standard InChI is InChI=1S/C12H12NO3P/c14-17(15,13-9-5-2-6-10-13)16-11-12-7-3-1-4-8-12/h1-10H,11H2/p+1. The van der Waals surface area contributed by atoms with Crippen molar-refractivity contribution in [3.05, 3.63) is 66.5 Å². The number of aromatic nitrogens is 1. The van der Waals surface area contributed by atoms with Gasteiger partial charge >= 0.3 is 7.75 Å². The van der Waals surface area contributed by atoms with E-state index in [2.05, 4.69) is 0 Å². The lowest BCUT2D eigenvalue weighted by molar-refractivity contribution is -0.540. The van der Waals surface area contributed by atoms with Crippen LogP contribution in [0, 0.1) is 0 Å². The van der Waals surface area contributed by atoms with Crippen molar-refractivity contribution in [2.24, 2.45) is 0 Å². The Morgan fingerprint density at radius 3 is 2.29 bits per heavy atom. The molecule has 1 atom stereocenters. The molecule has 2 rings (SSSR count). The lowest BCUT2D eigenvalue weighted by Crippen LogP contribution is -2.30. The van der Waals surface area contributed by atoms with Gasteiger partial charge in [0, 0.05) is 12.1 Å². The molecule has 5 heteroatoms. The molecule has 1 heterocycles. The zero-order valence-corrected chi connectivity index (χ0v) is 10.0. The van der Waals surface area contributed by atoms with Gasteiger partial charge in [-0.25, -0.2) is 0 Å². The minimum atomic E-state index is -3.79. The molecule has 1 unspecified atom stereocenters. The Hall–Kier alpha value is -1.48. The first kappa shape index (κ1) is 12.0. The van der Waals surface area contributed by atoms with Crippen LogP contribution in [0.25, 0.3) is 0 Å². The quantitative estimate of drug-likeness (QED) is 0.846. The maximum atomic E-state index is 11.9. The molecule has 0 fully saturated rings. The molecule has 0 aliphatic carbocycles. The van der Waals surface area contributed by atoms with Gasteiger partial charge in [-0.05, 0) is 5.56 Å². The molecule has 1 aromatic carbocycles. The summed E-state index contributed by atoms with van der Waals surface area (Å²) in [4.78, 5) is 9.74. The number of hydrogen-bond donors (Lipinski definition) is 1. The van der Waals surface area contributed by atoms with Gasteiger partial charge in [-0.3, -0.25) is 9.42 Å². The van der Waals surface area contributed by atoms with Gasteiger partial charge < -0.3 is 0 Å². The van der Waals surface area contributed by atoms with Gasteiger partial charge in [0.15, 0.2) is 12.4 Å². The third-order valence-electron chi connectivity index (χ3n) is 2.23. The Bertz CT molecular complexity index is 516. The molecule has 0 bridgehead atoms. The van der Waals surface area contributed by atoms with Crippen LogP contribution in [-0.4, -0.2) is 4.89 Å². The zero-order valence-electron chi connectivity index (χ0n) is 9.14. The van der Waals surface area contributed by atoms with E-state index in [0.717, 1.165) is 5.56 Å². The number of pyridine rings is 1. The van der Waals surface area contributed by atoms with Gasteiger partial charge in [0.1, 0.15) is 0 Å². The summed E-state index contributed by atoms with van der Waals surface area (Å²) in [6.07, 6.45) is 3.01. The number of benzene rings is 1. The van der Waals surface area contributed by atoms with Crippen molar-refractivity contribution >= 4 is 7.75 Å². The van der Waals surface area contributed by atoms with Gasteiger partial charge in [0.2, 0.25) is 0 Å². The molecule has 0 aliphatic rings. The van der Waals surface area contributed by atoms with Gasteiger partial charge in [-0.2, -0.15) is 4.57 Å². The largest absolute Gasteiger partial charge is 0.610 e. The summed E-state index contributed by atoms with van der Waals surface area (Å²) in [5.74, 6) is 0. The van der Waals surface area contributed by atoms with Crippen molar-refractivity contribution < 1.29 is 18.3 Å². The molecule has 0 aliphatic heterocycles. The zero-order chi connectivity index (χ0) is 12.1. The molecule has 17 heavy (non-hydrogen) atoms. The summed E-state index contributed by atoms with van der Waals surface area (Å²) in [7, 11) is -3.79. The normalized spacial score (nSPS) is 14.2. The highest BCUT2D eigenvalue weighted by molar-refractivity contribution is 7.45. The summed E-state index contributed by atoms with van der Waals surface area (Å²) in [6, 6.07) is 14.4. The molecular weight excluding hydrogens is 237 g/mol.